The highest BCUT2D eigenvalue weighted by molar-refractivity contribution is 6.17. The van der Waals surface area contributed by atoms with Crippen LogP contribution in [0.4, 0.5) is 0 Å². The summed E-state index contributed by atoms with van der Waals surface area (Å²) in [6.07, 6.45) is 4.69. The first kappa shape index (κ1) is 12.8. The highest BCUT2D eigenvalue weighted by atomic mass is 35.5. The summed E-state index contributed by atoms with van der Waals surface area (Å²) in [5, 5.41) is 0. The largest absolute Gasteiger partial charge is 0.496 e. The topological polar surface area (TPSA) is 26.3 Å². The second kappa shape index (κ2) is 6.33. The molecule has 0 saturated carbocycles. The van der Waals surface area contributed by atoms with Gasteiger partial charge in [0, 0.05) is 17.0 Å². The molecule has 0 heterocycles. The van der Waals surface area contributed by atoms with E-state index in [9.17, 15) is 4.79 Å². The van der Waals surface area contributed by atoms with Gasteiger partial charge in [-0.3, -0.25) is 4.79 Å². The fourth-order valence-electron chi connectivity index (χ4n) is 1.36. The van der Waals surface area contributed by atoms with Crippen molar-refractivity contribution in [2.24, 2.45) is 0 Å². The number of rotatable bonds is 5. The standard InChI is InChI=1S/C13H15ClO2/c1-10(15)11-6-7-13(16-2)12(9-11)5-3-4-8-14/h3,5-7,9H,4,8H2,1-2H3. The molecule has 0 spiro atoms. The summed E-state index contributed by atoms with van der Waals surface area (Å²) in [7, 11) is 1.61. The van der Waals surface area contributed by atoms with Crippen LogP contribution in [0.25, 0.3) is 6.08 Å². The third-order valence-corrected chi connectivity index (χ3v) is 2.43. The lowest BCUT2D eigenvalue weighted by Gasteiger charge is -2.06. The minimum absolute atomic E-state index is 0.0506. The van der Waals surface area contributed by atoms with Crippen LogP contribution in [0.2, 0.25) is 0 Å². The Hall–Kier alpha value is -1.28. The molecule has 16 heavy (non-hydrogen) atoms. The van der Waals surface area contributed by atoms with Crippen molar-refractivity contribution in [3.8, 4) is 5.75 Å². The number of alkyl halides is 1. The second-order valence-electron chi connectivity index (χ2n) is 3.39. The van der Waals surface area contributed by atoms with Gasteiger partial charge < -0.3 is 4.74 Å². The van der Waals surface area contributed by atoms with Crippen molar-refractivity contribution in [1.82, 2.24) is 0 Å². The number of halogens is 1. The summed E-state index contributed by atoms with van der Waals surface area (Å²) >= 11 is 5.59. The molecule has 0 aromatic heterocycles. The normalized spacial score (nSPS) is 10.7. The molecular formula is C13H15ClO2. The summed E-state index contributed by atoms with van der Waals surface area (Å²) in [6.45, 7) is 1.55. The zero-order valence-corrected chi connectivity index (χ0v) is 10.3. The zero-order chi connectivity index (χ0) is 12.0. The molecule has 0 N–H and O–H groups in total. The first-order chi connectivity index (χ1) is 7.69. The van der Waals surface area contributed by atoms with Crippen LogP contribution in [0.15, 0.2) is 24.3 Å². The first-order valence-corrected chi connectivity index (χ1v) is 5.64. The molecule has 0 aliphatic heterocycles. The number of hydrogen-bond donors (Lipinski definition) is 0. The number of methoxy groups -OCH3 is 1. The minimum atomic E-state index is 0.0506. The summed E-state index contributed by atoms with van der Waals surface area (Å²) < 4.78 is 5.22. The van der Waals surface area contributed by atoms with E-state index < -0.39 is 0 Å². The van der Waals surface area contributed by atoms with Crippen molar-refractivity contribution >= 4 is 23.5 Å². The molecule has 1 aromatic rings. The van der Waals surface area contributed by atoms with Crippen LogP contribution in [-0.4, -0.2) is 18.8 Å². The molecule has 3 heteroatoms. The van der Waals surface area contributed by atoms with Crippen molar-refractivity contribution < 1.29 is 9.53 Å². The Kier molecular flexibility index (Phi) is 5.06. The number of Topliss-reactive ketones (excluding diaryl/α,β-unsaturated/α-hetero) is 1. The molecule has 0 unspecified atom stereocenters. The first-order valence-electron chi connectivity index (χ1n) is 5.10. The SMILES string of the molecule is COc1ccc(C(C)=O)cc1C=CCCCl. The summed E-state index contributed by atoms with van der Waals surface area (Å²) in [6, 6.07) is 5.39. The maximum Gasteiger partial charge on any atom is 0.159 e. The molecule has 0 radical (unpaired) electrons. The molecule has 0 bridgehead atoms. The van der Waals surface area contributed by atoms with Gasteiger partial charge >= 0.3 is 0 Å². The summed E-state index contributed by atoms with van der Waals surface area (Å²) in [5.74, 6) is 1.40. The van der Waals surface area contributed by atoms with Gasteiger partial charge in [-0.2, -0.15) is 0 Å². The Labute approximate surface area is 101 Å². The smallest absolute Gasteiger partial charge is 0.159 e. The molecule has 1 rings (SSSR count). The van der Waals surface area contributed by atoms with Crippen LogP contribution in [0.1, 0.15) is 29.3 Å². The highest BCUT2D eigenvalue weighted by Gasteiger charge is 2.04. The van der Waals surface area contributed by atoms with Crippen LogP contribution < -0.4 is 4.74 Å². The van der Waals surface area contributed by atoms with Crippen LogP contribution in [0.3, 0.4) is 0 Å². The van der Waals surface area contributed by atoms with Crippen molar-refractivity contribution in [1.29, 1.82) is 0 Å². The third-order valence-electron chi connectivity index (χ3n) is 2.21. The van der Waals surface area contributed by atoms with Crippen molar-refractivity contribution in [3.63, 3.8) is 0 Å². The number of carbonyl (C=O) groups excluding carboxylic acids is 1. The Morgan fingerprint density at radius 1 is 1.50 bits per heavy atom. The molecule has 0 aliphatic carbocycles. The van der Waals surface area contributed by atoms with E-state index >= 15 is 0 Å². The van der Waals surface area contributed by atoms with Gasteiger partial charge in [0.1, 0.15) is 5.75 Å². The fourth-order valence-corrected chi connectivity index (χ4v) is 1.48. The van der Waals surface area contributed by atoms with Gasteiger partial charge in [0.2, 0.25) is 0 Å². The van der Waals surface area contributed by atoms with E-state index in [2.05, 4.69) is 0 Å². The van der Waals surface area contributed by atoms with Crippen LogP contribution in [-0.2, 0) is 0 Å². The Morgan fingerprint density at radius 3 is 2.81 bits per heavy atom. The fraction of sp³-hybridized carbons (Fsp3) is 0.308. The Morgan fingerprint density at radius 2 is 2.25 bits per heavy atom. The molecule has 0 amide bonds. The number of benzene rings is 1. The molecule has 2 nitrogen and oxygen atoms in total. The van der Waals surface area contributed by atoms with E-state index in [1.165, 1.54) is 0 Å². The summed E-state index contributed by atoms with van der Waals surface area (Å²) in [4.78, 5) is 11.2. The molecule has 0 atom stereocenters. The van der Waals surface area contributed by atoms with Gasteiger partial charge in [0.05, 0.1) is 7.11 Å². The molecule has 1 aromatic carbocycles. The number of ether oxygens (including phenoxy) is 1. The Balaban J connectivity index is 3.02. The maximum absolute atomic E-state index is 11.2. The van der Waals surface area contributed by atoms with Crippen LogP contribution in [0.5, 0.6) is 5.75 Å². The van der Waals surface area contributed by atoms with Gasteiger partial charge in [0.25, 0.3) is 0 Å². The molecule has 0 aliphatic rings. The van der Waals surface area contributed by atoms with Crippen molar-refractivity contribution in [3.05, 3.63) is 35.4 Å². The number of carbonyl (C=O) groups is 1. The van der Waals surface area contributed by atoms with Gasteiger partial charge in [0.15, 0.2) is 5.78 Å². The lowest BCUT2D eigenvalue weighted by Crippen LogP contribution is -1.94. The Bertz CT molecular complexity index is 397. The second-order valence-corrected chi connectivity index (χ2v) is 3.77. The van der Waals surface area contributed by atoms with Gasteiger partial charge in [-0.1, -0.05) is 12.2 Å². The average Bonchev–Trinajstić information content (AvgIpc) is 2.29. The van der Waals surface area contributed by atoms with E-state index in [1.54, 1.807) is 26.2 Å². The lowest BCUT2D eigenvalue weighted by atomic mass is 10.1. The van der Waals surface area contributed by atoms with Crippen LogP contribution >= 0.6 is 11.6 Å². The highest BCUT2D eigenvalue weighted by Crippen LogP contribution is 2.21. The van der Waals surface area contributed by atoms with Gasteiger partial charge in [-0.15, -0.1) is 11.6 Å². The number of ketones is 1. The van der Waals surface area contributed by atoms with E-state index in [0.717, 1.165) is 17.7 Å². The maximum atomic E-state index is 11.2. The van der Waals surface area contributed by atoms with E-state index in [-0.39, 0.29) is 5.78 Å². The number of allylic oxidation sites excluding steroid dienone is 1. The third kappa shape index (κ3) is 3.38. The van der Waals surface area contributed by atoms with E-state index in [4.69, 9.17) is 16.3 Å². The molecule has 0 saturated heterocycles. The predicted octanol–water partition coefficient (Wildman–Crippen LogP) is 3.54. The van der Waals surface area contributed by atoms with E-state index in [0.29, 0.717) is 11.4 Å². The predicted molar refractivity (Wildman–Crippen MR) is 67.4 cm³/mol. The minimum Gasteiger partial charge on any atom is -0.496 e. The molecule has 86 valence electrons. The van der Waals surface area contributed by atoms with Crippen molar-refractivity contribution in [2.75, 3.05) is 13.0 Å². The van der Waals surface area contributed by atoms with Crippen molar-refractivity contribution in [2.45, 2.75) is 13.3 Å². The molecule has 0 fully saturated rings. The molecular weight excluding hydrogens is 224 g/mol. The summed E-state index contributed by atoms with van der Waals surface area (Å²) in [5.41, 5.74) is 1.59. The van der Waals surface area contributed by atoms with Gasteiger partial charge in [-0.25, -0.2) is 0 Å². The van der Waals surface area contributed by atoms with E-state index in [1.807, 2.05) is 18.2 Å². The van der Waals surface area contributed by atoms with Gasteiger partial charge in [-0.05, 0) is 31.5 Å². The zero-order valence-electron chi connectivity index (χ0n) is 9.50. The average molecular weight is 239 g/mol. The quantitative estimate of drug-likeness (QED) is 0.579. The van der Waals surface area contributed by atoms with Crippen LogP contribution in [0, 0.1) is 0 Å². The monoisotopic (exact) mass is 238 g/mol. The lowest BCUT2D eigenvalue weighted by molar-refractivity contribution is 0.101. The number of hydrogen-bond acceptors (Lipinski definition) is 2.